The van der Waals surface area contributed by atoms with Gasteiger partial charge in [-0.15, -0.1) is 0 Å². The Hall–Kier alpha value is -6.39. The molecule has 0 fully saturated rings. The number of fused-ring (bicyclic) bond motifs is 3. The van der Waals surface area contributed by atoms with Crippen LogP contribution in [0, 0.1) is 0 Å². The molecule has 4 heteroatoms. The molecular formula is C45H31N3O. The van der Waals surface area contributed by atoms with Crippen molar-refractivity contribution in [3.63, 3.8) is 0 Å². The summed E-state index contributed by atoms with van der Waals surface area (Å²) in [6, 6.07) is 52.5. The fourth-order valence-corrected chi connectivity index (χ4v) is 6.66. The van der Waals surface area contributed by atoms with Crippen LogP contribution in [0.4, 0.5) is 0 Å². The van der Waals surface area contributed by atoms with Crippen molar-refractivity contribution in [2.24, 2.45) is 0 Å². The number of nitrogens with zero attached hydrogens (tertiary/aromatic N) is 3. The molecule has 6 aromatic carbocycles. The summed E-state index contributed by atoms with van der Waals surface area (Å²) in [4.78, 5) is 15.3. The summed E-state index contributed by atoms with van der Waals surface area (Å²) in [5, 5.41) is 2.18. The predicted molar refractivity (Wildman–Crippen MR) is 200 cm³/mol. The second-order valence-corrected chi connectivity index (χ2v) is 12.4. The van der Waals surface area contributed by atoms with Crippen molar-refractivity contribution in [1.29, 1.82) is 0 Å². The van der Waals surface area contributed by atoms with Gasteiger partial charge in [0.25, 0.3) is 0 Å². The lowest BCUT2D eigenvalue weighted by Gasteiger charge is -2.17. The van der Waals surface area contributed by atoms with Gasteiger partial charge in [0.05, 0.1) is 0 Å². The van der Waals surface area contributed by atoms with Gasteiger partial charge < -0.3 is 4.42 Å². The summed E-state index contributed by atoms with van der Waals surface area (Å²) in [5.74, 6) is 2.06. The van der Waals surface area contributed by atoms with Crippen molar-refractivity contribution in [3.8, 4) is 45.0 Å². The van der Waals surface area contributed by atoms with Gasteiger partial charge in [-0.25, -0.2) is 15.0 Å². The maximum Gasteiger partial charge on any atom is 0.163 e. The molecule has 232 valence electrons. The maximum atomic E-state index is 6.24. The van der Waals surface area contributed by atoms with Crippen LogP contribution in [0.5, 0.6) is 0 Å². The minimum Gasteiger partial charge on any atom is -0.456 e. The predicted octanol–water partition coefficient (Wildman–Crippen LogP) is 11.6. The third-order valence-corrected chi connectivity index (χ3v) is 9.27. The number of allylic oxidation sites excluding steroid dienone is 4. The van der Waals surface area contributed by atoms with Crippen molar-refractivity contribution in [1.82, 2.24) is 15.0 Å². The fraction of sp³-hybridized carbons (Fsp3) is 0.0444. The molecule has 49 heavy (non-hydrogen) atoms. The zero-order valence-electron chi connectivity index (χ0n) is 26.7. The monoisotopic (exact) mass is 629 g/mol. The van der Waals surface area contributed by atoms with Crippen LogP contribution < -0.4 is 0 Å². The van der Waals surface area contributed by atoms with E-state index in [1.165, 1.54) is 22.3 Å². The van der Waals surface area contributed by atoms with E-state index in [1.807, 2.05) is 36.4 Å². The van der Waals surface area contributed by atoms with Gasteiger partial charge in [0.2, 0.25) is 0 Å². The molecule has 0 spiro atoms. The molecule has 0 radical (unpaired) electrons. The number of benzene rings is 6. The smallest absolute Gasteiger partial charge is 0.163 e. The molecule has 4 nitrogen and oxygen atoms in total. The summed E-state index contributed by atoms with van der Waals surface area (Å²) < 4.78 is 6.24. The normalized spacial score (nSPS) is 14.3. The molecule has 1 aliphatic carbocycles. The molecule has 0 saturated carbocycles. The average Bonchev–Trinajstić information content (AvgIpc) is 3.57. The Bertz CT molecular complexity index is 2510. The summed E-state index contributed by atoms with van der Waals surface area (Å²) in [5.41, 5.74) is 10.6. The lowest BCUT2D eigenvalue weighted by atomic mass is 9.92. The van der Waals surface area contributed by atoms with Crippen LogP contribution in [0.2, 0.25) is 0 Å². The van der Waals surface area contributed by atoms with E-state index in [1.54, 1.807) is 0 Å². The van der Waals surface area contributed by atoms with Crippen LogP contribution in [0.25, 0.3) is 72.5 Å². The Morgan fingerprint density at radius 1 is 0.449 bits per heavy atom. The van der Waals surface area contributed by atoms with Crippen LogP contribution in [-0.4, -0.2) is 15.0 Å². The molecule has 0 N–H and O–H groups in total. The Balaban J connectivity index is 1.11. The number of rotatable bonds is 6. The van der Waals surface area contributed by atoms with Gasteiger partial charge in [0.15, 0.2) is 11.6 Å². The maximum absolute atomic E-state index is 6.24. The van der Waals surface area contributed by atoms with E-state index < -0.39 is 0 Å². The van der Waals surface area contributed by atoms with Gasteiger partial charge in [-0.3, -0.25) is 0 Å². The van der Waals surface area contributed by atoms with Crippen molar-refractivity contribution in [2.75, 3.05) is 0 Å². The Labute approximate surface area is 284 Å². The lowest BCUT2D eigenvalue weighted by molar-refractivity contribution is 0.669. The lowest BCUT2D eigenvalue weighted by Crippen LogP contribution is -2.08. The van der Waals surface area contributed by atoms with Gasteiger partial charge in [-0.2, -0.15) is 0 Å². The zero-order chi connectivity index (χ0) is 32.6. The van der Waals surface area contributed by atoms with Crippen molar-refractivity contribution < 1.29 is 4.42 Å². The van der Waals surface area contributed by atoms with Crippen LogP contribution in [0.15, 0.2) is 174 Å². The first kappa shape index (κ1) is 28.8. The van der Waals surface area contributed by atoms with Gasteiger partial charge in [0.1, 0.15) is 17.0 Å². The van der Waals surface area contributed by atoms with E-state index >= 15 is 0 Å². The highest BCUT2D eigenvalue weighted by molar-refractivity contribution is 6.05. The number of aromatic nitrogens is 3. The molecule has 1 atom stereocenters. The highest BCUT2D eigenvalue weighted by atomic mass is 16.3. The number of para-hydroxylation sites is 1. The molecule has 2 heterocycles. The van der Waals surface area contributed by atoms with Crippen LogP contribution in [-0.2, 0) is 0 Å². The number of furan rings is 1. The second kappa shape index (κ2) is 12.3. The van der Waals surface area contributed by atoms with E-state index in [-0.39, 0.29) is 5.92 Å². The van der Waals surface area contributed by atoms with Crippen LogP contribution in [0.1, 0.15) is 23.7 Å². The van der Waals surface area contributed by atoms with Gasteiger partial charge >= 0.3 is 0 Å². The van der Waals surface area contributed by atoms with Gasteiger partial charge in [0, 0.05) is 27.8 Å². The molecule has 0 saturated heterocycles. The highest BCUT2D eigenvalue weighted by Gasteiger charge is 2.20. The molecule has 9 rings (SSSR count). The topological polar surface area (TPSA) is 51.8 Å². The molecule has 0 amide bonds. The molecular weight excluding hydrogens is 599 g/mol. The minimum absolute atomic E-state index is 0.0246. The molecule has 8 aromatic rings. The largest absolute Gasteiger partial charge is 0.456 e. The number of hydrogen-bond donors (Lipinski definition) is 0. The van der Waals surface area contributed by atoms with Gasteiger partial charge in [-0.05, 0) is 64.1 Å². The third kappa shape index (κ3) is 5.64. The molecule has 1 unspecified atom stereocenters. The molecule has 0 bridgehead atoms. The summed E-state index contributed by atoms with van der Waals surface area (Å²) in [6.07, 6.45) is 7.49. The highest BCUT2D eigenvalue weighted by Crippen LogP contribution is 2.35. The quantitative estimate of drug-likeness (QED) is 0.184. The first-order chi connectivity index (χ1) is 24.2. The summed E-state index contributed by atoms with van der Waals surface area (Å²) in [7, 11) is 0. The molecule has 1 aliphatic rings. The first-order valence-electron chi connectivity index (χ1n) is 16.6. The van der Waals surface area contributed by atoms with E-state index in [4.69, 9.17) is 19.4 Å². The van der Waals surface area contributed by atoms with E-state index in [9.17, 15) is 0 Å². The standard InChI is InChI=1S/C45H31N3O/c1-3-10-30(11-4-1)32-18-20-34(21-19-32)36-14-9-15-37(28-36)44-46-43(35-24-22-33(23-25-35)31-12-5-2-6-13-31)47-45(48-44)38-26-27-40-39-16-7-8-17-41(39)49-42(40)29-38/h1-24,26-29,35H,25H2. The summed E-state index contributed by atoms with van der Waals surface area (Å²) >= 11 is 0. The van der Waals surface area contributed by atoms with Crippen LogP contribution in [0.3, 0.4) is 0 Å². The SMILES string of the molecule is C1=CC(c2nc(-c3cccc(-c4ccc(-c5ccccc5)cc4)c3)nc(-c3ccc4c(c3)oc3ccccc34)n2)CC=C1c1ccccc1. The van der Waals surface area contributed by atoms with E-state index in [0.29, 0.717) is 11.6 Å². The zero-order valence-corrected chi connectivity index (χ0v) is 26.7. The average molecular weight is 630 g/mol. The minimum atomic E-state index is 0.0246. The third-order valence-electron chi connectivity index (χ3n) is 9.27. The van der Waals surface area contributed by atoms with Gasteiger partial charge in [-0.1, -0.05) is 146 Å². The summed E-state index contributed by atoms with van der Waals surface area (Å²) in [6.45, 7) is 0. The Kier molecular flexibility index (Phi) is 7.25. The Morgan fingerprint density at radius 2 is 1.02 bits per heavy atom. The second-order valence-electron chi connectivity index (χ2n) is 12.4. The van der Waals surface area contributed by atoms with E-state index in [0.717, 1.165) is 56.4 Å². The first-order valence-corrected chi connectivity index (χ1v) is 16.6. The van der Waals surface area contributed by atoms with Crippen LogP contribution >= 0.6 is 0 Å². The van der Waals surface area contributed by atoms with Crippen molar-refractivity contribution in [2.45, 2.75) is 12.3 Å². The Morgan fingerprint density at radius 3 is 1.76 bits per heavy atom. The van der Waals surface area contributed by atoms with E-state index in [2.05, 4.69) is 133 Å². The molecule has 0 aliphatic heterocycles. The van der Waals surface area contributed by atoms with Crippen molar-refractivity contribution in [3.05, 3.63) is 181 Å². The fourth-order valence-electron chi connectivity index (χ4n) is 6.66. The van der Waals surface area contributed by atoms with Crippen molar-refractivity contribution >= 4 is 27.5 Å². The molecule has 2 aromatic heterocycles. The number of hydrogen-bond acceptors (Lipinski definition) is 4.